The molecule has 1 heterocycles. The molecule has 24 heavy (non-hydrogen) atoms. The molecular weight excluding hydrogens is 309 g/mol. The molecular formula is C19H16FNO3. The minimum Gasteiger partial charge on any atom is -0.508 e. The maximum atomic E-state index is 13.7. The Labute approximate surface area is 138 Å². The zero-order chi connectivity index (χ0) is 16.9. The summed E-state index contributed by atoms with van der Waals surface area (Å²) in [6, 6.07) is 16.2. The first-order valence-corrected chi connectivity index (χ1v) is 7.54. The maximum absolute atomic E-state index is 13.7. The summed E-state index contributed by atoms with van der Waals surface area (Å²) in [6.07, 6.45) is 0.624. The number of aromatic hydroxyl groups is 1. The van der Waals surface area contributed by atoms with E-state index in [4.69, 9.17) is 4.42 Å². The average molecular weight is 325 g/mol. The molecule has 0 spiro atoms. The van der Waals surface area contributed by atoms with Crippen LogP contribution in [0.25, 0.3) is 11.3 Å². The Hall–Kier alpha value is -3.08. The van der Waals surface area contributed by atoms with Crippen molar-refractivity contribution in [3.63, 3.8) is 0 Å². The van der Waals surface area contributed by atoms with Crippen molar-refractivity contribution in [1.29, 1.82) is 0 Å². The molecule has 0 aliphatic rings. The summed E-state index contributed by atoms with van der Waals surface area (Å²) in [5, 5.41) is 12.1. The zero-order valence-corrected chi connectivity index (χ0v) is 12.8. The number of benzene rings is 2. The number of phenolic OH excluding ortho intramolecular Hbond substituents is 1. The second-order valence-electron chi connectivity index (χ2n) is 5.34. The van der Waals surface area contributed by atoms with E-state index in [1.54, 1.807) is 42.5 Å². The molecule has 0 fully saturated rings. The topological polar surface area (TPSA) is 62.5 Å². The van der Waals surface area contributed by atoms with Crippen molar-refractivity contribution in [2.24, 2.45) is 0 Å². The number of hydrogen-bond donors (Lipinski definition) is 2. The SMILES string of the molecule is O=C(CCc1ccc(-c2ccccc2F)o1)Nc1cccc(O)c1. The second-order valence-corrected chi connectivity index (χ2v) is 5.34. The highest BCUT2D eigenvalue weighted by Gasteiger charge is 2.10. The molecule has 5 heteroatoms. The van der Waals surface area contributed by atoms with Crippen LogP contribution in [0, 0.1) is 5.82 Å². The number of carbonyl (C=O) groups excluding carboxylic acids is 1. The summed E-state index contributed by atoms with van der Waals surface area (Å²) >= 11 is 0. The second kappa shape index (κ2) is 7.00. The van der Waals surface area contributed by atoms with Gasteiger partial charge in [-0.2, -0.15) is 0 Å². The van der Waals surface area contributed by atoms with Crippen LogP contribution in [0.2, 0.25) is 0 Å². The molecule has 0 aliphatic heterocycles. The minimum atomic E-state index is -0.347. The quantitative estimate of drug-likeness (QED) is 0.732. The van der Waals surface area contributed by atoms with Gasteiger partial charge in [-0.05, 0) is 36.4 Å². The molecule has 2 N–H and O–H groups in total. The van der Waals surface area contributed by atoms with Crippen molar-refractivity contribution in [2.45, 2.75) is 12.8 Å². The van der Waals surface area contributed by atoms with Gasteiger partial charge in [-0.25, -0.2) is 4.39 Å². The first-order chi connectivity index (χ1) is 11.6. The van der Waals surface area contributed by atoms with E-state index in [0.717, 1.165) is 0 Å². The Morgan fingerprint density at radius 3 is 2.71 bits per heavy atom. The predicted octanol–water partition coefficient (Wildman–Crippen LogP) is 4.36. The van der Waals surface area contributed by atoms with Gasteiger partial charge in [0.1, 0.15) is 23.1 Å². The largest absolute Gasteiger partial charge is 0.508 e. The smallest absolute Gasteiger partial charge is 0.224 e. The number of amides is 1. The van der Waals surface area contributed by atoms with Gasteiger partial charge in [0.2, 0.25) is 5.91 Å². The normalized spacial score (nSPS) is 10.5. The molecule has 0 radical (unpaired) electrons. The van der Waals surface area contributed by atoms with Crippen molar-refractivity contribution in [1.82, 2.24) is 0 Å². The number of furan rings is 1. The van der Waals surface area contributed by atoms with Crippen molar-refractivity contribution < 1.29 is 18.7 Å². The Kier molecular flexibility index (Phi) is 4.61. The van der Waals surface area contributed by atoms with Gasteiger partial charge in [0.25, 0.3) is 0 Å². The molecule has 0 saturated heterocycles. The molecule has 0 bridgehead atoms. The van der Waals surface area contributed by atoms with Crippen LogP contribution in [-0.2, 0) is 11.2 Å². The Morgan fingerprint density at radius 2 is 1.92 bits per heavy atom. The lowest BCUT2D eigenvalue weighted by Crippen LogP contribution is -2.11. The first kappa shape index (κ1) is 15.8. The molecule has 122 valence electrons. The third kappa shape index (κ3) is 3.81. The van der Waals surface area contributed by atoms with E-state index >= 15 is 0 Å². The van der Waals surface area contributed by atoms with Crippen LogP contribution in [-0.4, -0.2) is 11.0 Å². The standard InChI is InChI=1S/C19H16FNO3/c20-17-7-2-1-6-16(17)18-10-8-15(24-18)9-11-19(23)21-13-4-3-5-14(22)12-13/h1-8,10,12,22H,9,11H2,(H,21,23). The van der Waals surface area contributed by atoms with E-state index in [9.17, 15) is 14.3 Å². The van der Waals surface area contributed by atoms with E-state index in [-0.39, 0.29) is 23.9 Å². The summed E-state index contributed by atoms with van der Waals surface area (Å²) < 4.78 is 19.3. The summed E-state index contributed by atoms with van der Waals surface area (Å²) in [6.45, 7) is 0. The fourth-order valence-corrected chi connectivity index (χ4v) is 2.36. The van der Waals surface area contributed by atoms with Crippen molar-refractivity contribution in [3.05, 3.63) is 72.2 Å². The number of phenols is 1. The van der Waals surface area contributed by atoms with E-state index in [2.05, 4.69) is 5.32 Å². The highest BCUT2D eigenvalue weighted by Crippen LogP contribution is 2.25. The third-order valence-electron chi connectivity index (χ3n) is 3.53. The van der Waals surface area contributed by atoms with Crippen molar-refractivity contribution >= 4 is 11.6 Å². The van der Waals surface area contributed by atoms with Gasteiger partial charge in [0.05, 0.1) is 5.56 Å². The van der Waals surface area contributed by atoms with Crippen molar-refractivity contribution in [3.8, 4) is 17.1 Å². The van der Waals surface area contributed by atoms with Crippen LogP contribution in [0.5, 0.6) is 5.75 Å². The molecule has 0 saturated carbocycles. The lowest BCUT2D eigenvalue weighted by molar-refractivity contribution is -0.116. The predicted molar refractivity (Wildman–Crippen MR) is 89.2 cm³/mol. The fraction of sp³-hybridized carbons (Fsp3) is 0.105. The van der Waals surface area contributed by atoms with Gasteiger partial charge < -0.3 is 14.8 Å². The zero-order valence-electron chi connectivity index (χ0n) is 12.8. The number of hydrogen-bond acceptors (Lipinski definition) is 3. The van der Waals surface area contributed by atoms with E-state index in [1.165, 1.54) is 18.2 Å². The maximum Gasteiger partial charge on any atom is 0.224 e. The average Bonchev–Trinajstić information content (AvgIpc) is 3.02. The van der Waals surface area contributed by atoms with Gasteiger partial charge in [-0.3, -0.25) is 4.79 Å². The lowest BCUT2D eigenvalue weighted by Gasteiger charge is -2.04. The van der Waals surface area contributed by atoms with Crippen molar-refractivity contribution in [2.75, 3.05) is 5.32 Å². The number of carbonyl (C=O) groups is 1. The number of nitrogens with one attached hydrogen (secondary N) is 1. The monoisotopic (exact) mass is 325 g/mol. The van der Waals surface area contributed by atoms with Crippen LogP contribution in [0.4, 0.5) is 10.1 Å². The molecule has 0 atom stereocenters. The molecule has 2 aromatic carbocycles. The molecule has 3 aromatic rings. The summed E-state index contributed by atoms with van der Waals surface area (Å²) in [5.41, 5.74) is 0.930. The van der Waals surface area contributed by atoms with Crippen LogP contribution in [0.3, 0.4) is 0 Å². The van der Waals surface area contributed by atoms with Gasteiger partial charge in [-0.15, -0.1) is 0 Å². The lowest BCUT2D eigenvalue weighted by atomic mass is 10.1. The highest BCUT2D eigenvalue weighted by molar-refractivity contribution is 5.90. The first-order valence-electron chi connectivity index (χ1n) is 7.54. The molecule has 3 rings (SSSR count). The summed E-state index contributed by atoms with van der Waals surface area (Å²) in [4.78, 5) is 11.9. The molecule has 0 aliphatic carbocycles. The van der Waals surface area contributed by atoms with E-state index in [0.29, 0.717) is 29.2 Å². The van der Waals surface area contributed by atoms with E-state index < -0.39 is 0 Å². The number of aryl methyl sites for hydroxylation is 1. The highest BCUT2D eigenvalue weighted by atomic mass is 19.1. The number of rotatable bonds is 5. The van der Waals surface area contributed by atoms with Crippen LogP contribution < -0.4 is 5.32 Å². The summed E-state index contributed by atoms with van der Waals surface area (Å²) in [5.74, 6) is 0.605. The molecule has 1 aromatic heterocycles. The van der Waals surface area contributed by atoms with E-state index in [1.807, 2.05) is 0 Å². The minimum absolute atomic E-state index is 0.0911. The molecule has 0 unspecified atom stereocenters. The van der Waals surface area contributed by atoms with Gasteiger partial charge in [0, 0.05) is 24.6 Å². The van der Waals surface area contributed by atoms with Gasteiger partial charge in [0.15, 0.2) is 0 Å². The van der Waals surface area contributed by atoms with Gasteiger partial charge in [-0.1, -0.05) is 18.2 Å². The Balaban J connectivity index is 1.59. The number of halogens is 1. The third-order valence-corrected chi connectivity index (χ3v) is 3.53. The van der Waals surface area contributed by atoms with Crippen LogP contribution in [0.15, 0.2) is 65.1 Å². The Bertz CT molecular complexity index is 857. The fourth-order valence-electron chi connectivity index (χ4n) is 2.36. The van der Waals surface area contributed by atoms with Gasteiger partial charge >= 0.3 is 0 Å². The van der Waals surface area contributed by atoms with Crippen LogP contribution >= 0.6 is 0 Å². The molecule has 4 nitrogen and oxygen atoms in total. The van der Waals surface area contributed by atoms with Crippen LogP contribution in [0.1, 0.15) is 12.2 Å². The number of anilines is 1. The molecule has 1 amide bonds. The summed E-state index contributed by atoms with van der Waals surface area (Å²) in [7, 11) is 0. The Morgan fingerprint density at radius 1 is 1.08 bits per heavy atom.